The van der Waals surface area contributed by atoms with Crippen molar-refractivity contribution in [1.82, 2.24) is 0 Å². The van der Waals surface area contributed by atoms with Crippen molar-refractivity contribution in [2.75, 3.05) is 5.32 Å². The molecular weight excluding hydrogens is 329 g/mol. The third-order valence-electron chi connectivity index (χ3n) is 2.48. The number of carbonyl (C=O) groups excluding carboxylic acids is 1. The summed E-state index contributed by atoms with van der Waals surface area (Å²) in [5.41, 5.74) is -0.452. The molecular formula is C13H10F5NO2S. The average molecular weight is 339 g/mol. The van der Waals surface area contributed by atoms with Gasteiger partial charge in [-0.3, -0.25) is 5.32 Å². The van der Waals surface area contributed by atoms with Crippen LogP contribution in [0.15, 0.2) is 59.5 Å². The highest BCUT2D eigenvalue weighted by Gasteiger charge is 2.65. The van der Waals surface area contributed by atoms with Gasteiger partial charge in [-0.25, -0.2) is 4.79 Å². The van der Waals surface area contributed by atoms with Crippen LogP contribution in [0.3, 0.4) is 0 Å². The molecule has 1 N–H and O–H groups in total. The van der Waals surface area contributed by atoms with Crippen LogP contribution in [0.4, 0.5) is 29.9 Å². The van der Waals surface area contributed by atoms with Gasteiger partial charge in [0.2, 0.25) is 0 Å². The fourth-order valence-electron chi connectivity index (χ4n) is 1.55. The fourth-order valence-corrected chi connectivity index (χ4v) is 2.24. The van der Waals surface area contributed by atoms with Crippen molar-refractivity contribution in [2.24, 2.45) is 0 Å². The number of rotatable bonds is 3. The molecule has 0 atom stereocenters. The van der Waals surface area contributed by atoms with E-state index in [1.807, 2.05) is 5.32 Å². The Bertz CT molecular complexity index is 703. The number of nitrogens with one attached hydrogen (secondary N) is 1. The predicted octanol–water partition coefficient (Wildman–Crippen LogP) is 5.95. The zero-order valence-corrected chi connectivity index (χ0v) is 11.6. The van der Waals surface area contributed by atoms with E-state index in [1.165, 1.54) is 12.1 Å². The summed E-state index contributed by atoms with van der Waals surface area (Å²) in [6, 6.07) is 9.95. The fraction of sp³-hybridized carbons (Fsp3) is 0. The number of para-hydroxylation sites is 1. The lowest BCUT2D eigenvalue weighted by Crippen LogP contribution is -2.17. The molecule has 0 bridgehead atoms. The van der Waals surface area contributed by atoms with E-state index in [1.54, 1.807) is 18.2 Å². The van der Waals surface area contributed by atoms with Crippen LogP contribution in [-0.2, 0) is 0 Å². The number of halogens is 5. The van der Waals surface area contributed by atoms with Gasteiger partial charge in [-0.05, 0) is 30.3 Å². The molecule has 2 rings (SSSR count). The van der Waals surface area contributed by atoms with Gasteiger partial charge < -0.3 is 4.74 Å². The Balaban J connectivity index is 2.17. The summed E-state index contributed by atoms with van der Waals surface area (Å²) in [7, 11) is -9.79. The van der Waals surface area contributed by atoms with E-state index >= 15 is 0 Å². The van der Waals surface area contributed by atoms with Crippen molar-refractivity contribution in [3.05, 3.63) is 54.6 Å². The van der Waals surface area contributed by atoms with Crippen LogP contribution >= 0.6 is 10.2 Å². The van der Waals surface area contributed by atoms with Gasteiger partial charge in [-0.2, -0.15) is 0 Å². The van der Waals surface area contributed by atoms with Gasteiger partial charge in [0, 0.05) is 5.69 Å². The van der Waals surface area contributed by atoms with Gasteiger partial charge in [0.25, 0.3) is 0 Å². The minimum Gasteiger partial charge on any atom is -0.410 e. The summed E-state index contributed by atoms with van der Waals surface area (Å²) in [4.78, 5) is 9.42. The number of amides is 1. The normalized spacial score (nSPS) is 14.6. The first-order valence-electron chi connectivity index (χ1n) is 5.82. The van der Waals surface area contributed by atoms with Crippen molar-refractivity contribution < 1.29 is 29.0 Å². The lowest BCUT2D eigenvalue weighted by molar-refractivity contribution is 0.215. The lowest BCUT2D eigenvalue weighted by Gasteiger charge is -2.40. The largest absolute Gasteiger partial charge is 0.417 e. The number of carbonyl (C=O) groups is 1. The third-order valence-corrected chi connectivity index (χ3v) is 3.62. The van der Waals surface area contributed by atoms with Gasteiger partial charge in [-0.1, -0.05) is 43.7 Å². The summed E-state index contributed by atoms with van der Waals surface area (Å²) >= 11 is 0. The van der Waals surface area contributed by atoms with E-state index in [0.29, 0.717) is 0 Å². The maximum atomic E-state index is 12.7. The topological polar surface area (TPSA) is 38.3 Å². The summed E-state index contributed by atoms with van der Waals surface area (Å²) in [6.07, 6.45) is -1.09. The molecule has 3 nitrogen and oxygen atoms in total. The van der Waals surface area contributed by atoms with E-state index in [4.69, 9.17) is 4.74 Å². The highest BCUT2D eigenvalue weighted by molar-refractivity contribution is 8.45. The van der Waals surface area contributed by atoms with Gasteiger partial charge in [0.05, 0.1) is 0 Å². The van der Waals surface area contributed by atoms with Crippen molar-refractivity contribution >= 4 is 22.0 Å². The second kappa shape index (κ2) is 4.60. The first-order valence-corrected chi connectivity index (χ1v) is 7.77. The molecule has 0 aliphatic carbocycles. The predicted molar refractivity (Wildman–Crippen MR) is 73.9 cm³/mol. The van der Waals surface area contributed by atoms with E-state index in [9.17, 15) is 24.2 Å². The van der Waals surface area contributed by atoms with Crippen LogP contribution in [-0.4, -0.2) is 6.09 Å². The number of anilines is 1. The van der Waals surface area contributed by atoms with E-state index in [0.717, 1.165) is 12.1 Å². The number of ether oxygens (including phenoxy) is 1. The molecule has 2 aromatic carbocycles. The molecule has 0 aliphatic rings. The molecule has 2 aromatic rings. The van der Waals surface area contributed by atoms with Crippen LogP contribution in [0.1, 0.15) is 0 Å². The first-order chi connectivity index (χ1) is 9.94. The maximum Gasteiger partial charge on any atom is 0.417 e. The SMILES string of the molecule is O=C(Nc1cccc(S(F)(F)(F)(F)F)c1)Oc1ccccc1. The number of hydrogen-bond donors (Lipinski definition) is 1. The van der Waals surface area contributed by atoms with Crippen LogP contribution in [0, 0.1) is 0 Å². The smallest absolute Gasteiger partial charge is 0.410 e. The quantitative estimate of drug-likeness (QED) is 0.701. The summed E-state index contributed by atoms with van der Waals surface area (Å²) in [6.45, 7) is 0. The molecule has 9 heteroatoms. The second-order valence-corrected chi connectivity index (χ2v) is 6.73. The molecule has 120 valence electrons. The van der Waals surface area contributed by atoms with Crippen LogP contribution < -0.4 is 10.1 Å². The Morgan fingerprint density at radius 3 is 2.14 bits per heavy atom. The molecule has 0 heterocycles. The average Bonchev–Trinajstić information content (AvgIpc) is 2.37. The maximum absolute atomic E-state index is 12.7. The van der Waals surface area contributed by atoms with E-state index < -0.39 is 26.9 Å². The monoisotopic (exact) mass is 339 g/mol. The molecule has 0 fully saturated rings. The molecule has 0 saturated carbocycles. The van der Waals surface area contributed by atoms with E-state index in [2.05, 4.69) is 0 Å². The lowest BCUT2D eigenvalue weighted by atomic mass is 10.3. The van der Waals surface area contributed by atoms with Gasteiger partial charge >= 0.3 is 16.3 Å². The van der Waals surface area contributed by atoms with E-state index in [-0.39, 0.29) is 17.9 Å². The Labute approximate surface area is 122 Å². The first kappa shape index (κ1) is 16.1. The summed E-state index contributed by atoms with van der Waals surface area (Å²) < 4.78 is 68.1. The molecule has 1 amide bonds. The van der Waals surface area contributed by atoms with Crippen LogP contribution in [0.25, 0.3) is 0 Å². The molecule has 22 heavy (non-hydrogen) atoms. The third kappa shape index (κ3) is 4.35. The highest BCUT2D eigenvalue weighted by atomic mass is 32.5. The van der Waals surface area contributed by atoms with Crippen molar-refractivity contribution in [2.45, 2.75) is 4.90 Å². The van der Waals surface area contributed by atoms with Crippen LogP contribution in [0.5, 0.6) is 5.75 Å². The second-order valence-electron chi connectivity index (χ2n) is 4.32. The molecule has 0 aliphatic heterocycles. The highest BCUT2D eigenvalue weighted by Crippen LogP contribution is 3.02. The Morgan fingerprint density at radius 2 is 1.55 bits per heavy atom. The molecule has 0 radical (unpaired) electrons. The summed E-state index contributed by atoms with van der Waals surface area (Å²) in [5.74, 6) is 0.156. The van der Waals surface area contributed by atoms with Gasteiger partial charge in [0.15, 0.2) is 0 Å². The number of benzene rings is 2. The van der Waals surface area contributed by atoms with Crippen molar-refractivity contribution in [3.8, 4) is 5.75 Å². The van der Waals surface area contributed by atoms with Gasteiger partial charge in [0.1, 0.15) is 10.6 Å². The van der Waals surface area contributed by atoms with Crippen molar-refractivity contribution in [1.29, 1.82) is 0 Å². The Morgan fingerprint density at radius 1 is 0.909 bits per heavy atom. The molecule has 0 saturated heterocycles. The number of hydrogen-bond acceptors (Lipinski definition) is 2. The standard InChI is InChI=1S/C13H10F5NO2S/c14-22(15,16,17,18)12-8-4-5-10(9-12)19-13(20)21-11-6-2-1-3-7-11/h1-9H,(H,19,20). The molecule has 0 spiro atoms. The van der Waals surface area contributed by atoms with Gasteiger partial charge in [-0.15, -0.1) is 0 Å². The summed E-state index contributed by atoms with van der Waals surface area (Å²) in [5, 5.41) is 1.96. The zero-order valence-electron chi connectivity index (χ0n) is 10.8. The Hall–Kier alpha value is -2.29. The minimum atomic E-state index is -9.79. The molecule has 0 aromatic heterocycles. The van der Waals surface area contributed by atoms with Crippen molar-refractivity contribution in [3.63, 3.8) is 0 Å². The zero-order chi connectivity index (χ0) is 16.5. The Kier molecular flexibility index (Phi) is 3.36. The minimum absolute atomic E-state index is 0.156. The van der Waals surface area contributed by atoms with Crippen LogP contribution in [0.2, 0.25) is 0 Å². The molecule has 0 unspecified atom stereocenters.